The van der Waals surface area contributed by atoms with Crippen LogP contribution in [0.3, 0.4) is 0 Å². The average molecular weight is 305 g/mol. The second kappa shape index (κ2) is 6.87. The quantitative estimate of drug-likeness (QED) is 0.850. The van der Waals surface area contributed by atoms with Gasteiger partial charge in [0.25, 0.3) is 0 Å². The molecular weight excluding hydrogens is 285 g/mol. The van der Waals surface area contributed by atoms with Crippen molar-refractivity contribution in [3.8, 4) is 5.75 Å². The van der Waals surface area contributed by atoms with E-state index in [4.69, 9.17) is 9.37 Å². The Morgan fingerprint density at radius 3 is 3.09 bits per heavy atom. The summed E-state index contributed by atoms with van der Waals surface area (Å²) >= 11 is 0. The van der Waals surface area contributed by atoms with Gasteiger partial charge in [0.2, 0.25) is 0 Å². The van der Waals surface area contributed by atoms with Crippen LogP contribution in [-0.4, -0.2) is 34.9 Å². The van der Waals surface area contributed by atoms with Crippen LogP contribution in [0.1, 0.15) is 24.2 Å². The maximum Gasteiger partial charge on any atom is 0.126 e. The summed E-state index contributed by atoms with van der Waals surface area (Å²) in [6, 6.07) is 6.29. The SMILES string of the molecule is Cc1nonc1CN1CCC[C@@H](COc2cccc(F)c2)C1. The molecule has 0 spiro atoms. The van der Waals surface area contributed by atoms with E-state index in [1.165, 1.54) is 12.1 Å². The van der Waals surface area contributed by atoms with Crippen LogP contribution < -0.4 is 4.74 Å². The standard InChI is InChI=1S/C16H20FN3O2/c1-12-16(19-22-18-12)10-20-7-3-4-13(9-20)11-21-15-6-2-5-14(17)8-15/h2,5-6,8,13H,3-4,7,9-11H2,1H3/t13-/m1/s1. The van der Waals surface area contributed by atoms with E-state index in [9.17, 15) is 4.39 Å². The Labute approximate surface area is 129 Å². The molecule has 0 aliphatic carbocycles. The van der Waals surface area contributed by atoms with Gasteiger partial charge in [-0.25, -0.2) is 9.02 Å². The Balaban J connectivity index is 1.51. The second-order valence-corrected chi connectivity index (χ2v) is 5.81. The fraction of sp³-hybridized carbons (Fsp3) is 0.500. The third-order valence-corrected chi connectivity index (χ3v) is 4.00. The van der Waals surface area contributed by atoms with E-state index in [0.29, 0.717) is 18.3 Å². The number of rotatable bonds is 5. The molecule has 0 saturated carbocycles. The Morgan fingerprint density at radius 2 is 2.32 bits per heavy atom. The van der Waals surface area contributed by atoms with Gasteiger partial charge < -0.3 is 4.74 Å². The minimum absolute atomic E-state index is 0.267. The van der Waals surface area contributed by atoms with Gasteiger partial charge in [0.05, 0.1) is 6.61 Å². The molecule has 2 heterocycles. The molecule has 2 aromatic rings. The first-order chi connectivity index (χ1) is 10.7. The second-order valence-electron chi connectivity index (χ2n) is 5.81. The van der Waals surface area contributed by atoms with Crippen molar-refractivity contribution < 1.29 is 13.8 Å². The molecule has 1 aromatic heterocycles. The summed E-state index contributed by atoms with van der Waals surface area (Å²) < 4.78 is 23.6. The largest absolute Gasteiger partial charge is 0.493 e. The lowest BCUT2D eigenvalue weighted by Crippen LogP contribution is -2.37. The normalized spacial score (nSPS) is 19.3. The van der Waals surface area contributed by atoms with E-state index < -0.39 is 0 Å². The molecule has 0 N–H and O–H groups in total. The van der Waals surface area contributed by atoms with E-state index in [1.807, 2.05) is 6.92 Å². The topological polar surface area (TPSA) is 51.4 Å². The molecule has 6 heteroatoms. The molecule has 1 atom stereocenters. The maximum absolute atomic E-state index is 13.1. The van der Waals surface area contributed by atoms with Crippen LogP contribution in [0, 0.1) is 18.7 Å². The van der Waals surface area contributed by atoms with Crippen molar-refractivity contribution in [2.24, 2.45) is 5.92 Å². The summed E-state index contributed by atoms with van der Waals surface area (Å²) in [7, 11) is 0. The molecule has 0 bridgehead atoms. The van der Waals surface area contributed by atoms with E-state index >= 15 is 0 Å². The van der Waals surface area contributed by atoms with Crippen molar-refractivity contribution in [1.82, 2.24) is 15.2 Å². The van der Waals surface area contributed by atoms with Gasteiger partial charge in [0, 0.05) is 25.1 Å². The summed E-state index contributed by atoms with van der Waals surface area (Å²) in [6.45, 7) is 5.26. The van der Waals surface area contributed by atoms with Gasteiger partial charge in [0.15, 0.2) is 0 Å². The lowest BCUT2D eigenvalue weighted by Gasteiger charge is -2.32. The van der Waals surface area contributed by atoms with Gasteiger partial charge >= 0.3 is 0 Å². The number of nitrogens with zero attached hydrogens (tertiary/aromatic N) is 3. The molecule has 1 fully saturated rings. The predicted molar refractivity (Wildman–Crippen MR) is 78.9 cm³/mol. The number of likely N-dealkylation sites (tertiary alicyclic amines) is 1. The van der Waals surface area contributed by atoms with Crippen molar-refractivity contribution in [3.05, 3.63) is 41.5 Å². The van der Waals surface area contributed by atoms with Gasteiger partial charge in [-0.15, -0.1) is 0 Å². The molecule has 1 aliphatic rings. The number of piperidine rings is 1. The number of halogens is 1. The number of aryl methyl sites for hydroxylation is 1. The van der Waals surface area contributed by atoms with E-state index in [1.54, 1.807) is 12.1 Å². The Hall–Kier alpha value is -1.95. The highest BCUT2D eigenvalue weighted by Gasteiger charge is 2.22. The monoisotopic (exact) mass is 305 g/mol. The third kappa shape index (κ3) is 3.82. The molecule has 0 radical (unpaired) electrons. The van der Waals surface area contributed by atoms with Crippen LogP contribution in [0.25, 0.3) is 0 Å². The maximum atomic E-state index is 13.1. The Morgan fingerprint density at radius 1 is 1.41 bits per heavy atom. The smallest absolute Gasteiger partial charge is 0.126 e. The number of ether oxygens (including phenoxy) is 1. The fourth-order valence-corrected chi connectivity index (χ4v) is 2.81. The zero-order chi connectivity index (χ0) is 15.4. The van der Waals surface area contributed by atoms with E-state index in [2.05, 4.69) is 15.2 Å². The van der Waals surface area contributed by atoms with Crippen LogP contribution in [0.4, 0.5) is 4.39 Å². The van der Waals surface area contributed by atoms with Gasteiger partial charge in [-0.3, -0.25) is 4.90 Å². The highest BCUT2D eigenvalue weighted by molar-refractivity contribution is 5.22. The number of hydrogen-bond acceptors (Lipinski definition) is 5. The molecule has 22 heavy (non-hydrogen) atoms. The summed E-state index contributed by atoms with van der Waals surface area (Å²) in [5, 5.41) is 7.75. The van der Waals surface area contributed by atoms with Gasteiger partial charge in [-0.1, -0.05) is 16.4 Å². The summed E-state index contributed by atoms with van der Waals surface area (Å²) in [5.74, 6) is 0.766. The molecule has 5 nitrogen and oxygen atoms in total. The summed E-state index contributed by atoms with van der Waals surface area (Å²) in [6.07, 6.45) is 2.25. The lowest BCUT2D eigenvalue weighted by atomic mass is 9.99. The summed E-state index contributed by atoms with van der Waals surface area (Å²) in [4.78, 5) is 2.34. The first kappa shape index (κ1) is 15.0. The van der Waals surface area contributed by atoms with Crippen molar-refractivity contribution >= 4 is 0 Å². The first-order valence-corrected chi connectivity index (χ1v) is 7.59. The average Bonchev–Trinajstić information content (AvgIpc) is 2.91. The highest BCUT2D eigenvalue weighted by atomic mass is 19.1. The summed E-state index contributed by atoms with van der Waals surface area (Å²) in [5.41, 5.74) is 1.74. The highest BCUT2D eigenvalue weighted by Crippen LogP contribution is 2.21. The molecule has 1 aliphatic heterocycles. The van der Waals surface area contributed by atoms with Crippen LogP contribution in [-0.2, 0) is 6.54 Å². The molecule has 1 aromatic carbocycles. The third-order valence-electron chi connectivity index (χ3n) is 4.00. The van der Waals surface area contributed by atoms with Crippen molar-refractivity contribution in [2.45, 2.75) is 26.3 Å². The fourth-order valence-electron chi connectivity index (χ4n) is 2.81. The Kier molecular flexibility index (Phi) is 4.68. The van der Waals surface area contributed by atoms with Crippen LogP contribution in [0.2, 0.25) is 0 Å². The molecular formula is C16H20FN3O2. The van der Waals surface area contributed by atoms with Gasteiger partial charge in [-0.05, 0) is 38.4 Å². The molecule has 118 valence electrons. The predicted octanol–water partition coefficient (Wildman–Crippen LogP) is 2.81. The van der Waals surface area contributed by atoms with Gasteiger partial charge in [0.1, 0.15) is 23.0 Å². The van der Waals surface area contributed by atoms with Gasteiger partial charge in [-0.2, -0.15) is 0 Å². The minimum atomic E-state index is -0.267. The van der Waals surface area contributed by atoms with Crippen LogP contribution in [0.5, 0.6) is 5.75 Å². The lowest BCUT2D eigenvalue weighted by molar-refractivity contribution is 0.122. The van der Waals surface area contributed by atoms with E-state index in [-0.39, 0.29) is 5.82 Å². The molecule has 0 amide bonds. The Bertz CT molecular complexity index is 617. The number of hydrogen-bond donors (Lipinski definition) is 0. The first-order valence-electron chi connectivity index (χ1n) is 7.59. The molecule has 1 saturated heterocycles. The van der Waals surface area contributed by atoms with E-state index in [0.717, 1.165) is 43.9 Å². The van der Waals surface area contributed by atoms with Crippen molar-refractivity contribution in [1.29, 1.82) is 0 Å². The van der Waals surface area contributed by atoms with Crippen LogP contribution in [0.15, 0.2) is 28.9 Å². The van der Waals surface area contributed by atoms with Crippen molar-refractivity contribution in [3.63, 3.8) is 0 Å². The zero-order valence-electron chi connectivity index (χ0n) is 12.7. The number of aromatic nitrogens is 2. The number of benzene rings is 1. The van der Waals surface area contributed by atoms with Crippen LogP contribution >= 0.6 is 0 Å². The zero-order valence-corrected chi connectivity index (χ0v) is 12.7. The molecule has 3 rings (SSSR count). The van der Waals surface area contributed by atoms with Crippen molar-refractivity contribution in [2.75, 3.05) is 19.7 Å². The molecule has 0 unspecified atom stereocenters. The minimum Gasteiger partial charge on any atom is -0.493 e.